The predicted molar refractivity (Wildman–Crippen MR) is 64.4 cm³/mol. The zero-order chi connectivity index (χ0) is 10.7. The maximum Gasteiger partial charge on any atom is -0.0195 e. The van der Waals surface area contributed by atoms with E-state index in [1.54, 1.807) is 0 Å². The summed E-state index contributed by atoms with van der Waals surface area (Å²) in [5.41, 5.74) is 6.36. The summed E-state index contributed by atoms with van der Waals surface area (Å²) in [6.07, 6.45) is 2.22. The Morgan fingerprint density at radius 1 is 1.14 bits per heavy atom. The van der Waals surface area contributed by atoms with Crippen LogP contribution in [-0.4, -0.2) is 0 Å². The van der Waals surface area contributed by atoms with Crippen molar-refractivity contribution >= 4 is 6.08 Å². The van der Waals surface area contributed by atoms with E-state index in [0.29, 0.717) is 0 Å². The van der Waals surface area contributed by atoms with Gasteiger partial charge in [0.2, 0.25) is 0 Å². The fourth-order valence-electron chi connectivity index (χ4n) is 1.39. The van der Waals surface area contributed by atoms with Gasteiger partial charge in [0.05, 0.1) is 0 Å². The third-order valence-electron chi connectivity index (χ3n) is 2.58. The Morgan fingerprint density at radius 3 is 2.07 bits per heavy atom. The van der Waals surface area contributed by atoms with Crippen molar-refractivity contribution in [2.45, 2.75) is 27.7 Å². The van der Waals surface area contributed by atoms with Crippen LogP contribution < -0.4 is 0 Å². The van der Waals surface area contributed by atoms with E-state index in [0.717, 1.165) is 5.57 Å². The number of allylic oxidation sites excluding steroid dienone is 2. The Kier molecular flexibility index (Phi) is 3.29. The van der Waals surface area contributed by atoms with Gasteiger partial charge in [-0.3, -0.25) is 0 Å². The Labute approximate surface area is 87.0 Å². The summed E-state index contributed by atoms with van der Waals surface area (Å²) in [7, 11) is 0. The first-order valence-electron chi connectivity index (χ1n) is 4.92. The highest BCUT2D eigenvalue weighted by atomic mass is 14.0. The molecule has 0 aliphatic rings. The Bertz CT molecular complexity index is 361. The smallest absolute Gasteiger partial charge is 0.0195 e. The number of rotatable bonds is 2. The van der Waals surface area contributed by atoms with Crippen LogP contribution in [0.3, 0.4) is 0 Å². The molecule has 0 fully saturated rings. The largest absolute Gasteiger partial charge is 0.0958 e. The summed E-state index contributed by atoms with van der Waals surface area (Å²) >= 11 is 0. The minimum absolute atomic E-state index is 1.13. The van der Waals surface area contributed by atoms with E-state index in [1.807, 2.05) is 6.92 Å². The van der Waals surface area contributed by atoms with Crippen LogP contribution in [0.15, 0.2) is 35.9 Å². The van der Waals surface area contributed by atoms with Crippen LogP contribution in [0, 0.1) is 13.8 Å². The molecule has 0 radical (unpaired) electrons. The van der Waals surface area contributed by atoms with Gasteiger partial charge in [0, 0.05) is 0 Å². The molecule has 0 amide bonds. The molecule has 0 aliphatic carbocycles. The van der Waals surface area contributed by atoms with E-state index in [4.69, 9.17) is 0 Å². The van der Waals surface area contributed by atoms with Crippen molar-refractivity contribution in [2.75, 3.05) is 0 Å². The van der Waals surface area contributed by atoms with Crippen LogP contribution >= 0.6 is 0 Å². The standard InChI is InChI=1S/C14H18/c1-10(2)13(5)9-14-11(3)7-6-8-12(14)4/h6-9H,1H2,2-5H3/b13-9+. The normalized spacial score (nSPS) is 11.6. The van der Waals surface area contributed by atoms with Crippen molar-refractivity contribution in [3.8, 4) is 0 Å². The van der Waals surface area contributed by atoms with Crippen LogP contribution in [0.1, 0.15) is 30.5 Å². The summed E-state index contributed by atoms with van der Waals surface area (Å²) in [4.78, 5) is 0. The van der Waals surface area contributed by atoms with Gasteiger partial charge in [-0.1, -0.05) is 36.4 Å². The highest BCUT2D eigenvalue weighted by molar-refractivity contribution is 5.62. The lowest BCUT2D eigenvalue weighted by atomic mass is 9.99. The molecule has 0 spiro atoms. The van der Waals surface area contributed by atoms with Gasteiger partial charge in [0.1, 0.15) is 0 Å². The number of aryl methyl sites for hydroxylation is 2. The first-order valence-corrected chi connectivity index (χ1v) is 4.92. The molecule has 0 saturated heterocycles. The SMILES string of the molecule is C=C(C)/C(C)=C/c1c(C)cccc1C. The quantitative estimate of drug-likeness (QED) is 0.605. The van der Waals surface area contributed by atoms with Crippen LogP contribution in [-0.2, 0) is 0 Å². The first kappa shape index (κ1) is 10.8. The van der Waals surface area contributed by atoms with Crippen LogP contribution in [0.5, 0.6) is 0 Å². The van der Waals surface area contributed by atoms with E-state index in [2.05, 4.69) is 51.6 Å². The number of hydrogen-bond donors (Lipinski definition) is 0. The van der Waals surface area contributed by atoms with Gasteiger partial charge >= 0.3 is 0 Å². The molecular formula is C14H18. The van der Waals surface area contributed by atoms with E-state index >= 15 is 0 Å². The second kappa shape index (κ2) is 4.28. The van der Waals surface area contributed by atoms with E-state index in [-0.39, 0.29) is 0 Å². The summed E-state index contributed by atoms with van der Waals surface area (Å²) < 4.78 is 0. The molecule has 0 aromatic heterocycles. The summed E-state index contributed by atoms with van der Waals surface area (Å²) in [6.45, 7) is 12.4. The zero-order valence-corrected chi connectivity index (χ0v) is 9.52. The molecule has 0 unspecified atom stereocenters. The van der Waals surface area contributed by atoms with Crippen LogP contribution in [0.2, 0.25) is 0 Å². The molecule has 0 saturated carbocycles. The highest BCUT2D eigenvalue weighted by Crippen LogP contribution is 2.19. The Balaban J connectivity index is 3.20. The van der Waals surface area contributed by atoms with Gasteiger partial charge in [-0.15, -0.1) is 0 Å². The number of hydrogen-bond acceptors (Lipinski definition) is 0. The monoisotopic (exact) mass is 186 g/mol. The van der Waals surface area contributed by atoms with Gasteiger partial charge < -0.3 is 0 Å². The molecule has 0 heteroatoms. The van der Waals surface area contributed by atoms with Crippen LogP contribution in [0.4, 0.5) is 0 Å². The molecule has 0 heterocycles. The topological polar surface area (TPSA) is 0 Å². The van der Waals surface area contributed by atoms with Crippen molar-refractivity contribution in [3.05, 3.63) is 52.6 Å². The lowest BCUT2D eigenvalue weighted by molar-refractivity contribution is 1.33. The molecule has 0 nitrogen and oxygen atoms in total. The Morgan fingerprint density at radius 2 is 1.64 bits per heavy atom. The lowest BCUT2D eigenvalue weighted by Crippen LogP contribution is -1.87. The average Bonchev–Trinajstić information content (AvgIpc) is 2.11. The van der Waals surface area contributed by atoms with Crippen molar-refractivity contribution < 1.29 is 0 Å². The van der Waals surface area contributed by atoms with E-state index < -0.39 is 0 Å². The molecule has 1 aromatic carbocycles. The minimum Gasteiger partial charge on any atom is -0.0958 e. The van der Waals surface area contributed by atoms with E-state index in [1.165, 1.54) is 22.3 Å². The summed E-state index contributed by atoms with van der Waals surface area (Å²) in [5.74, 6) is 0. The zero-order valence-electron chi connectivity index (χ0n) is 9.52. The maximum absolute atomic E-state index is 3.94. The van der Waals surface area contributed by atoms with Gasteiger partial charge in [0.25, 0.3) is 0 Å². The number of benzene rings is 1. The van der Waals surface area contributed by atoms with Crippen molar-refractivity contribution in [1.29, 1.82) is 0 Å². The molecule has 1 rings (SSSR count). The first-order chi connectivity index (χ1) is 6.52. The summed E-state index contributed by atoms with van der Waals surface area (Å²) in [5, 5.41) is 0. The van der Waals surface area contributed by atoms with Crippen molar-refractivity contribution in [1.82, 2.24) is 0 Å². The van der Waals surface area contributed by atoms with E-state index in [9.17, 15) is 0 Å². The molecule has 0 atom stereocenters. The molecule has 0 bridgehead atoms. The van der Waals surface area contributed by atoms with Gasteiger partial charge in [0.15, 0.2) is 0 Å². The van der Waals surface area contributed by atoms with Crippen molar-refractivity contribution in [3.63, 3.8) is 0 Å². The minimum atomic E-state index is 1.13. The van der Waals surface area contributed by atoms with Gasteiger partial charge in [-0.25, -0.2) is 0 Å². The molecule has 0 N–H and O–H groups in total. The molecule has 74 valence electrons. The second-order valence-corrected chi connectivity index (χ2v) is 3.91. The Hall–Kier alpha value is -1.30. The molecule has 0 aliphatic heterocycles. The maximum atomic E-state index is 3.94. The van der Waals surface area contributed by atoms with Crippen molar-refractivity contribution in [2.24, 2.45) is 0 Å². The lowest BCUT2D eigenvalue weighted by Gasteiger charge is -2.06. The molecule has 14 heavy (non-hydrogen) atoms. The average molecular weight is 186 g/mol. The fourth-order valence-corrected chi connectivity index (χ4v) is 1.39. The third-order valence-corrected chi connectivity index (χ3v) is 2.58. The van der Waals surface area contributed by atoms with Gasteiger partial charge in [-0.05, 0) is 50.0 Å². The second-order valence-electron chi connectivity index (χ2n) is 3.91. The third kappa shape index (κ3) is 2.35. The highest BCUT2D eigenvalue weighted by Gasteiger charge is 1.99. The summed E-state index contributed by atoms with van der Waals surface area (Å²) in [6, 6.07) is 6.38. The van der Waals surface area contributed by atoms with Crippen LogP contribution in [0.25, 0.3) is 6.08 Å². The van der Waals surface area contributed by atoms with Gasteiger partial charge in [-0.2, -0.15) is 0 Å². The predicted octanol–water partition coefficient (Wildman–Crippen LogP) is 4.28. The molecule has 1 aromatic rings. The molecular weight excluding hydrogens is 168 g/mol. The fraction of sp³-hybridized carbons (Fsp3) is 0.286.